The van der Waals surface area contributed by atoms with E-state index in [-0.39, 0.29) is 0 Å². The van der Waals surface area contributed by atoms with Gasteiger partial charge >= 0.3 is 0 Å². The third kappa shape index (κ3) is 2.88. The van der Waals surface area contributed by atoms with E-state index in [1.165, 1.54) is 25.9 Å². The molecule has 114 valence electrons. The van der Waals surface area contributed by atoms with Crippen molar-refractivity contribution in [1.82, 2.24) is 19.5 Å². The predicted molar refractivity (Wildman–Crippen MR) is 82.7 cm³/mol. The third-order valence-corrected chi connectivity index (χ3v) is 4.54. The van der Waals surface area contributed by atoms with Crippen LogP contribution in [0, 0.1) is 5.92 Å². The highest BCUT2D eigenvalue weighted by Gasteiger charge is 2.22. The quantitative estimate of drug-likeness (QED) is 0.866. The number of ether oxygens (including phenoxy) is 1. The number of methoxy groups -OCH3 is 1. The summed E-state index contributed by atoms with van der Waals surface area (Å²) in [5.41, 5.74) is 0.814. The van der Waals surface area contributed by atoms with Crippen molar-refractivity contribution in [2.75, 3.05) is 20.2 Å². The summed E-state index contributed by atoms with van der Waals surface area (Å²) in [5.74, 6) is 2.54. The fourth-order valence-corrected chi connectivity index (χ4v) is 3.17. The Bertz CT molecular complexity index is 599. The van der Waals surface area contributed by atoms with E-state index in [1.54, 1.807) is 7.11 Å². The van der Waals surface area contributed by atoms with E-state index >= 15 is 0 Å². The van der Waals surface area contributed by atoms with Gasteiger partial charge in [0, 0.05) is 18.7 Å². The first kappa shape index (κ1) is 14.3. The summed E-state index contributed by atoms with van der Waals surface area (Å²) in [6.45, 7) is 6.95. The molecule has 2 aromatic rings. The van der Waals surface area contributed by atoms with Gasteiger partial charge in [-0.1, -0.05) is 0 Å². The first-order valence-electron chi connectivity index (χ1n) is 7.79. The van der Waals surface area contributed by atoms with Crippen LogP contribution >= 0.6 is 0 Å². The number of rotatable bonds is 4. The fraction of sp³-hybridized carbons (Fsp3) is 0.625. The summed E-state index contributed by atoms with van der Waals surface area (Å²) in [6.07, 6.45) is 5.52. The maximum atomic E-state index is 5.34. The van der Waals surface area contributed by atoms with Gasteiger partial charge in [0.15, 0.2) is 5.75 Å². The molecule has 2 aromatic heterocycles. The molecule has 0 N–H and O–H groups in total. The molecule has 0 amide bonds. The second-order valence-electron chi connectivity index (χ2n) is 6.16. The van der Waals surface area contributed by atoms with Gasteiger partial charge in [-0.25, -0.2) is 0 Å². The lowest BCUT2D eigenvalue weighted by molar-refractivity contribution is 0.148. The number of pyridine rings is 1. The summed E-state index contributed by atoms with van der Waals surface area (Å²) in [6, 6.07) is 4.57. The minimum absolute atomic E-state index is 0.657. The highest BCUT2D eigenvalue weighted by molar-refractivity contribution is 5.53. The van der Waals surface area contributed by atoms with Crippen LogP contribution in [-0.2, 0) is 6.42 Å². The minimum atomic E-state index is 0.657. The Hall–Kier alpha value is -1.62. The Morgan fingerprint density at radius 1 is 1.29 bits per heavy atom. The third-order valence-electron chi connectivity index (χ3n) is 4.54. The van der Waals surface area contributed by atoms with E-state index < -0.39 is 0 Å². The normalized spacial score (nSPS) is 17.7. The van der Waals surface area contributed by atoms with Crippen molar-refractivity contribution in [3.05, 3.63) is 24.2 Å². The van der Waals surface area contributed by atoms with Gasteiger partial charge in [0.1, 0.15) is 5.82 Å². The molecular formula is C16H24N4O. The minimum Gasteiger partial charge on any atom is -0.493 e. The first-order valence-corrected chi connectivity index (χ1v) is 7.79. The van der Waals surface area contributed by atoms with Gasteiger partial charge in [-0.15, -0.1) is 10.2 Å². The summed E-state index contributed by atoms with van der Waals surface area (Å²) in [5, 5.41) is 8.65. The zero-order valence-electron chi connectivity index (χ0n) is 13.1. The molecule has 1 aliphatic heterocycles. The van der Waals surface area contributed by atoms with Crippen molar-refractivity contribution >= 4 is 5.65 Å². The standard InChI is InChI=1S/C16H24N4O/c1-12(2)19-9-6-13(7-10-19)11-15-17-18-16-14(21-3)5-4-8-20(15)16/h4-5,8,12-13H,6-7,9-11H2,1-3H3. The molecule has 0 saturated carbocycles. The van der Waals surface area contributed by atoms with Crippen molar-refractivity contribution in [2.45, 2.75) is 39.2 Å². The van der Waals surface area contributed by atoms with Crippen LogP contribution in [0.1, 0.15) is 32.5 Å². The molecule has 0 unspecified atom stereocenters. The molecule has 1 fully saturated rings. The second kappa shape index (κ2) is 6.02. The van der Waals surface area contributed by atoms with Crippen LogP contribution in [0.3, 0.4) is 0 Å². The summed E-state index contributed by atoms with van der Waals surface area (Å²) >= 11 is 0. The number of fused-ring (bicyclic) bond motifs is 1. The smallest absolute Gasteiger partial charge is 0.203 e. The molecule has 0 radical (unpaired) electrons. The Morgan fingerprint density at radius 3 is 2.71 bits per heavy atom. The molecule has 0 atom stereocenters. The number of nitrogens with zero attached hydrogens (tertiary/aromatic N) is 4. The van der Waals surface area contributed by atoms with Gasteiger partial charge in [-0.3, -0.25) is 4.40 Å². The maximum Gasteiger partial charge on any atom is 0.203 e. The molecule has 5 nitrogen and oxygen atoms in total. The van der Waals surface area contributed by atoms with Crippen LogP contribution in [0.15, 0.2) is 18.3 Å². The number of likely N-dealkylation sites (tertiary alicyclic amines) is 1. The van der Waals surface area contributed by atoms with Crippen molar-refractivity contribution in [3.8, 4) is 5.75 Å². The first-order chi connectivity index (χ1) is 10.2. The predicted octanol–water partition coefficient (Wildman–Crippen LogP) is 2.40. The Labute approximate surface area is 125 Å². The molecular weight excluding hydrogens is 264 g/mol. The van der Waals surface area contributed by atoms with Crippen LogP contribution in [0.5, 0.6) is 5.75 Å². The summed E-state index contributed by atoms with van der Waals surface area (Å²) in [7, 11) is 1.67. The van der Waals surface area contributed by atoms with Gasteiger partial charge in [0.25, 0.3) is 0 Å². The number of hydrogen-bond donors (Lipinski definition) is 0. The van der Waals surface area contributed by atoms with E-state index in [9.17, 15) is 0 Å². The van der Waals surface area contributed by atoms with E-state index in [0.717, 1.165) is 23.6 Å². The lowest BCUT2D eigenvalue weighted by atomic mass is 9.92. The fourth-order valence-electron chi connectivity index (χ4n) is 3.17. The Balaban J connectivity index is 1.72. The maximum absolute atomic E-state index is 5.34. The van der Waals surface area contributed by atoms with Gasteiger partial charge < -0.3 is 9.64 Å². The number of piperidine rings is 1. The molecule has 3 heterocycles. The van der Waals surface area contributed by atoms with Crippen molar-refractivity contribution in [1.29, 1.82) is 0 Å². The zero-order chi connectivity index (χ0) is 14.8. The molecule has 0 aromatic carbocycles. The summed E-state index contributed by atoms with van der Waals surface area (Å²) in [4.78, 5) is 2.56. The Kier molecular flexibility index (Phi) is 4.10. The molecule has 1 aliphatic rings. The lowest BCUT2D eigenvalue weighted by Crippen LogP contribution is -2.38. The van der Waals surface area contributed by atoms with Crippen molar-refractivity contribution in [3.63, 3.8) is 0 Å². The molecule has 0 aliphatic carbocycles. The topological polar surface area (TPSA) is 42.7 Å². The highest BCUT2D eigenvalue weighted by Crippen LogP contribution is 2.24. The lowest BCUT2D eigenvalue weighted by Gasteiger charge is -2.34. The van der Waals surface area contributed by atoms with Crippen LogP contribution < -0.4 is 4.74 Å². The van der Waals surface area contributed by atoms with Gasteiger partial charge in [-0.05, 0) is 57.8 Å². The monoisotopic (exact) mass is 288 g/mol. The van der Waals surface area contributed by atoms with Crippen LogP contribution in [-0.4, -0.2) is 45.7 Å². The largest absolute Gasteiger partial charge is 0.493 e. The summed E-state index contributed by atoms with van der Waals surface area (Å²) < 4.78 is 7.40. The number of hydrogen-bond acceptors (Lipinski definition) is 4. The van der Waals surface area contributed by atoms with Crippen LogP contribution in [0.2, 0.25) is 0 Å². The van der Waals surface area contributed by atoms with Crippen molar-refractivity contribution < 1.29 is 4.74 Å². The van der Waals surface area contributed by atoms with E-state index in [2.05, 4.69) is 33.3 Å². The van der Waals surface area contributed by atoms with Crippen LogP contribution in [0.4, 0.5) is 0 Å². The van der Waals surface area contributed by atoms with Gasteiger partial charge in [0.05, 0.1) is 7.11 Å². The van der Waals surface area contributed by atoms with Gasteiger partial charge in [-0.2, -0.15) is 0 Å². The van der Waals surface area contributed by atoms with Crippen molar-refractivity contribution in [2.24, 2.45) is 5.92 Å². The molecule has 1 saturated heterocycles. The number of aromatic nitrogens is 3. The zero-order valence-corrected chi connectivity index (χ0v) is 13.1. The molecule has 21 heavy (non-hydrogen) atoms. The molecule has 0 bridgehead atoms. The molecule has 5 heteroatoms. The average molecular weight is 288 g/mol. The second-order valence-corrected chi connectivity index (χ2v) is 6.16. The SMILES string of the molecule is COc1cccn2c(CC3CCN(C(C)C)CC3)nnc12. The van der Waals surface area contributed by atoms with E-state index in [4.69, 9.17) is 4.74 Å². The van der Waals surface area contributed by atoms with Gasteiger partial charge in [0.2, 0.25) is 5.65 Å². The average Bonchev–Trinajstić information content (AvgIpc) is 2.91. The van der Waals surface area contributed by atoms with Crippen LogP contribution in [0.25, 0.3) is 5.65 Å². The van der Waals surface area contributed by atoms with E-state index in [1.807, 2.05) is 18.3 Å². The Morgan fingerprint density at radius 2 is 2.05 bits per heavy atom. The highest BCUT2D eigenvalue weighted by atomic mass is 16.5. The van der Waals surface area contributed by atoms with E-state index in [0.29, 0.717) is 12.0 Å². The molecule has 3 rings (SSSR count). The molecule has 0 spiro atoms.